The molecule has 9 heteroatoms. The van der Waals surface area contributed by atoms with Crippen LogP contribution in [0.3, 0.4) is 0 Å². The number of unbranched alkanes of at least 4 members (excludes halogenated alkanes) is 2. The van der Waals surface area contributed by atoms with Crippen LogP contribution >= 0.6 is 11.8 Å². The van der Waals surface area contributed by atoms with E-state index in [4.69, 9.17) is 4.74 Å². The summed E-state index contributed by atoms with van der Waals surface area (Å²) < 4.78 is 4.86. The number of nitrogens with zero attached hydrogens (tertiary/aromatic N) is 3. The summed E-state index contributed by atoms with van der Waals surface area (Å²) in [6, 6.07) is 6.16. The number of thioether (sulfide) groups is 1. The Kier molecular flexibility index (Phi) is 11.9. The van der Waals surface area contributed by atoms with Crippen molar-refractivity contribution in [2.75, 3.05) is 37.7 Å². The van der Waals surface area contributed by atoms with Gasteiger partial charge < -0.3 is 24.5 Å². The number of carbonyl (C=O) groups is 3. The van der Waals surface area contributed by atoms with E-state index in [0.29, 0.717) is 31.9 Å². The molecule has 3 aliphatic heterocycles. The van der Waals surface area contributed by atoms with Gasteiger partial charge in [-0.3, -0.25) is 14.4 Å². The molecule has 0 aromatic heterocycles. The summed E-state index contributed by atoms with van der Waals surface area (Å²) in [6.45, 7) is 19.7. The lowest BCUT2D eigenvalue weighted by Gasteiger charge is -2.43. The molecule has 8 atom stereocenters. The standard InChI is InChI=1S/C36H53N3O5S/c1-8-13-14-21-37(19-9-2)35(43)32-36-25(7)22-29(45-36)30(31(36)34(42)39(32)28(23-40)24(6)11-4)33(41)38(20-10-3)26-15-17-27(18-16-26)44-12-5/h9-10,15-18,24-25,28-32,40H,2-3,8,11-14,19-23H2,1,4-7H3/t24-,25?,28-,29-,30+,31-,32?,36?/m0/s1. The fraction of sp³-hybridized carbons (Fsp3) is 0.639. The van der Waals surface area contributed by atoms with Crippen molar-refractivity contribution in [2.24, 2.45) is 23.7 Å². The van der Waals surface area contributed by atoms with Crippen molar-refractivity contribution in [1.82, 2.24) is 9.80 Å². The maximum absolute atomic E-state index is 14.8. The van der Waals surface area contributed by atoms with Gasteiger partial charge in [-0.05, 0) is 55.9 Å². The molecule has 4 rings (SSSR count). The summed E-state index contributed by atoms with van der Waals surface area (Å²) >= 11 is 1.68. The molecule has 1 spiro atoms. The van der Waals surface area contributed by atoms with Crippen LogP contribution in [0.2, 0.25) is 0 Å². The summed E-state index contributed by atoms with van der Waals surface area (Å²) in [5, 5.41) is 10.6. The van der Waals surface area contributed by atoms with E-state index in [2.05, 4.69) is 27.0 Å². The normalized spacial score (nSPS) is 28.0. The Morgan fingerprint density at radius 3 is 2.40 bits per heavy atom. The van der Waals surface area contributed by atoms with E-state index in [0.717, 1.165) is 37.9 Å². The third-order valence-electron chi connectivity index (χ3n) is 10.3. The molecule has 1 aromatic rings. The van der Waals surface area contributed by atoms with E-state index in [1.54, 1.807) is 33.7 Å². The number of likely N-dealkylation sites (tertiary alicyclic amines) is 1. The highest BCUT2D eigenvalue weighted by Gasteiger charge is 2.77. The van der Waals surface area contributed by atoms with Crippen molar-refractivity contribution >= 4 is 35.2 Å². The van der Waals surface area contributed by atoms with Gasteiger partial charge in [0.15, 0.2) is 0 Å². The van der Waals surface area contributed by atoms with Gasteiger partial charge in [0, 0.05) is 30.6 Å². The molecule has 2 bridgehead atoms. The zero-order valence-electron chi connectivity index (χ0n) is 27.8. The third-order valence-corrected chi connectivity index (χ3v) is 12.4. The van der Waals surface area contributed by atoms with Crippen LogP contribution in [-0.4, -0.2) is 87.6 Å². The molecule has 0 saturated carbocycles. The first-order valence-electron chi connectivity index (χ1n) is 16.8. The van der Waals surface area contributed by atoms with Crippen molar-refractivity contribution in [3.63, 3.8) is 0 Å². The minimum absolute atomic E-state index is 0.0230. The SMILES string of the molecule is C=CCN(CCCCC)C(=O)C1N([C@@H](CO)[C@@H](C)CC)C(=O)[C@@H]2[C@H](C(=O)N(CC=C)c3ccc(OCC)cc3)[C@@H]3CC(C)C12S3. The first-order valence-corrected chi connectivity index (χ1v) is 17.7. The van der Waals surface area contributed by atoms with E-state index >= 15 is 0 Å². The highest BCUT2D eigenvalue weighted by Crippen LogP contribution is 2.69. The van der Waals surface area contributed by atoms with Crippen LogP contribution in [-0.2, 0) is 14.4 Å². The van der Waals surface area contributed by atoms with E-state index < -0.39 is 28.7 Å². The second-order valence-electron chi connectivity index (χ2n) is 12.9. The molecule has 0 radical (unpaired) electrons. The Morgan fingerprint density at radius 2 is 1.82 bits per heavy atom. The summed E-state index contributed by atoms with van der Waals surface area (Å²) in [4.78, 5) is 49.6. The first kappa shape index (κ1) is 35.1. The monoisotopic (exact) mass is 639 g/mol. The molecule has 3 saturated heterocycles. The van der Waals surface area contributed by atoms with E-state index in [-0.39, 0.29) is 41.4 Å². The quantitative estimate of drug-likeness (QED) is 0.178. The molecule has 0 aliphatic carbocycles. The van der Waals surface area contributed by atoms with Crippen molar-refractivity contribution < 1.29 is 24.2 Å². The number of anilines is 1. The van der Waals surface area contributed by atoms with E-state index in [1.807, 2.05) is 49.9 Å². The molecule has 3 fully saturated rings. The Hall–Kier alpha value is -2.78. The molecule has 248 valence electrons. The summed E-state index contributed by atoms with van der Waals surface area (Å²) in [6.07, 6.45) is 7.85. The number of benzene rings is 1. The van der Waals surface area contributed by atoms with Crippen LogP contribution in [0, 0.1) is 23.7 Å². The van der Waals surface area contributed by atoms with Crippen molar-refractivity contribution in [1.29, 1.82) is 0 Å². The highest BCUT2D eigenvalue weighted by molar-refractivity contribution is 8.02. The van der Waals surface area contributed by atoms with E-state index in [9.17, 15) is 19.5 Å². The first-order chi connectivity index (χ1) is 21.7. The maximum atomic E-state index is 14.8. The molecule has 8 nitrogen and oxygen atoms in total. The maximum Gasteiger partial charge on any atom is 0.247 e. The fourth-order valence-electron chi connectivity index (χ4n) is 7.89. The average molecular weight is 640 g/mol. The number of aliphatic hydroxyl groups is 1. The van der Waals surface area contributed by atoms with Crippen LogP contribution in [0.25, 0.3) is 0 Å². The number of aliphatic hydroxyl groups excluding tert-OH is 1. The summed E-state index contributed by atoms with van der Waals surface area (Å²) in [7, 11) is 0. The topological polar surface area (TPSA) is 90.4 Å². The van der Waals surface area contributed by atoms with Crippen molar-refractivity contribution in [3.05, 3.63) is 49.6 Å². The van der Waals surface area contributed by atoms with Crippen LogP contribution in [0.4, 0.5) is 5.69 Å². The van der Waals surface area contributed by atoms with Gasteiger partial charge in [-0.25, -0.2) is 0 Å². The molecule has 3 heterocycles. The molecular formula is C36H53N3O5S. The number of hydrogen-bond donors (Lipinski definition) is 1. The Morgan fingerprint density at radius 1 is 1.13 bits per heavy atom. The summed E-state index contributed by atoms with van der Waals surface area (Å²) in [5.74, 6) is -0.892. The lowest BCUT2D eigenvalue weighted by Crippen LogP contribution is -2.60. The second-order valence-corrected chi connectivity index (χ2v) is 14.4. The molecule has 3 aliphatic rings. The average Bonchev–Trinajstić information content (AvgIpc) is 3.63. The largest absolute Gasteiger partial charge is 0.494 e. The smallest absolute Gasteiger partial charge is 0.247 e. The molecule has 3 unspecified atom stereocenters. The van der Waals surface area contributed by atoms with Crippen molar-refractivity contribution in [2.45, 2.75) is 88.8 Å². The van der Waals surface area contributed by atoms with Gasteiger partial charge in [-0.15, -0.1) is 24.9 Å². The van der Waals surface area contributed by atoms with Crippen LogP contribution < -0.4 is 9.64 Å². The van der Waals surface area contributed by atoms with Crippen molar-refractivity contribution in [3.8, 4) is 5.75 Å². The molecule has 45 heavy (non-hydrogen) atoms. The second kappa shape index (κ2) is 15.2. The van der Waals surface area contributed by atoms with Crippen LogP contribution in [0.5, 0.6) is 5.75 Å². The third kappa shape index (κ3) is 6.31. The minimum Gasteiger partial charge on any atom is -0.494 e. The number of fused-ring (bicyclic) bond motifs is 1. The Balaban J connectivity index is 1.80. The lowest BCUT2D eigenvalue weighted by molar-refractivity contribution is -0.146. The number of hydrogen-bond acceptors (Lipinski definition) is 6. The minimum atomic E-state index is -0.761. The van der Waals surface area contributed by atoms with Crippen LogP contribution in [0.1, 0.15) is 66.7 Å². The zero-order chi connectivity index (χ0) is 32.9. The highest BCUT2D eigenvalue weighted by atomic mass is 32.2. The van der Waals surface area contributed by atoms with Gasteiger partial charge in [-0.1, -0.05) is 59.1 Å². The van der Waals surface area contributed by atoms with Gasteiger partial charge in [0.05, 0.1) is 35.8 Å². The number of ether oxygens (including phenoxy) is 1. The summed E-state index contributed by atoms with van der Waals surface area (Å²) in [5.41, 5.74) is 0.717. The Labute approximate surface area is 274 Å². The number of rotatable bonds is 17. The van der Waals surface area contributed by atoms with Crippen LogP contribution in [0.15, 0.2) is 49.6 Å². The zero-order valence-corrected chi connectivity index (χ0v) is 28.6. The Bertz CT molecular complexity index is 1220. The van der Waals surface area contributed by atoms with Gasteiger partial charge >= 0.3 is 0 Å². The van der Waals surface area contributed by atoms with Gasteiger partial charge in [0.2, 0.25) is 17.7 Å². The van der Waals surface area contributed by atoms with E-state index in [1.165, 1.54) is 0 Å². The van der Waals surface area contributed by atoms with Gasteiger partial charge in [0.1, 0.15) is 11.8 Å². The molecule has 1 N–H and O–H groups in total. The predicted octanol–water partition coefficient (Wildman–Crippen LogP) is 5.55. The fourth-order valence-corrected chi connectivity index (χ4v) is 10.3. The number of carbonyl (C=O) groups excluding carboxylic acids is 3. The van der Waals surface area contributed by atoms with Gasteiger partial charge in [0.25, 0.3) is 0 Å². The number of amides is 3. The lowest BCUT2D eigenvalue weighted by atomic mass is 9.65. The molecule has 3 amide bonds. The predicted molar refractivity (Wildman–Crippen MR) is 182 cm³/mol. The van der Waals surface area contributed by atoms with Gasteiger partial charge in [-0.2, -0.15) is 0 Å². The molecular weight excluding hydrogens is 586 g/mol. The molecule has 1 aromatic carbocycles.